The molecule has 0 saturated heterocycles. The third kappa shape index (κ3) is 4.04. The first kappa shape index (κ1) is 18.2. The number of benzene rings is 2. The van der Waals surface area contributed by atoms with E-state index in [1.807, 2.05) is 12.1 Å². The molecule has 0 unspecified atom stereocenters. The lowest BCUT2D eigenvalue weighted by Crippen LogP contribution is -2.34. The van der Waals surface area contributed by atoms with Gasteiger partial charge in [0.25, 0.3) is 0 Å². The van der Waals surface area contributed by atoms with E-state index >= 15 is 0 Å². The molecule has 23 heavy (non-hydrogen) atoms. The number of fused-ring (bicyclic) bond motifs is 1. The van der Waals surface area contributed by atoms with Crippen LogP contribution >= 0.6 is 11.6 Å². The third-order valence-electron chi connectivity index (χ3n) is 3.79. The van der Waals surface area contributed by atoms with Gasteiger partial charge in [-0.1, -0.05) is 55.6 Å². The fourth-order valence-electron chi connectivity index (χ4n) is 2.62. The first-order valence-corrected chi connectivity index (χ1v) is 9.62. The summed E-state index contributed by atoms with van der Waals surface area (Å²) in [5.41, 5.74) is 0. The summed E-state index contributed by atoms with van der Waals surface area (Å²) >= 11 is 6.24. The molecule has 0 aromatic heterocycles. The van der Waals surface area contributed by atoms with Crippen LogP contribution in [0.1, 0.15) is 26.2 Å². The van der Waals surface area contributed by atoms with Crippen molar-refractivity contribution < 1.29 is 13.5 Å². The molecule has 0 radical (unpaired) electrons. The summed E-state index contributed by atoms with van der Waals surface area (Å²) < 4.78 is 27.4. The molecule has 1 N–H and O–H groups in total. The molecule has 6 heteroatoms. The van der Waals surface area contributed by atoms with Crippen molar-refractivity contribution in [1.82, 2.24) is 4.31 Å². The van der Waals surface area contributed by atoms with E-state index in [-0.39, 0.29) is 18.0 Å². The van der Waals surface area contributed by atoms with Crippen LogP contribution in [0.2, 0.25) is 5.02 Å². The predicted molar refractivity (Wildman–Crippen MR) is 94.3 cm³/mol. The minimum Gasteiger partial charge on any atom is -0.395 e. The minimum atomic E-state index is -3.70. The molecule has 0 saturated carbocycles. The summed E-state index contributed by atoms with van der Waals surface area (Å²) in [5.74, 6) is 0. The van der Waals surface area contributed by atoms with E-state index in [0.717, 1.165) is 24.6 Å². The van der Waals surface area contributed by atoms with Gasteiger partial charge >= 0.3 is 0 Å². The molecule has 0 aliphatic heterocycles. The standard InChI is InChI=1S/C17H22ClNO3S/c1-2-3-4-11-19(12-13-20)23(21,22)16-10-6-8-14-7-5-9-15(18)17(14)16/h5-10,20H,2-4,11-13H2,1H3. The Morgan fingerprint density at radius 2 is 1.78 bits per heavy atom. The zero-order chi connectivity index (χ0) is 16.9. The molecule has 4 nitrogen and oxygen atoms in total. The van der Waals surface area contributed by atoms with E-state index < -0.39 is 10.0 Å². The Kier molecular flexibility index (Phi) is 6.41. The van der Waals surface area contributed by atoms with Crippen LogP contribution in [-0.2, 0) is 10.0 Å². The first-order chi connectivity index (χ1) is 11.0. The lowest BCUT2D eigenvalue weighted by atomic mass is 10.1. The second-order valence-corrected chi connectivity index (χ2v) is 7.74. The molecule has 0 aliphatic rings. The van der Waals surface area contributed by atoms with Gasteiger partial charge in [-0.2, -0.15) is 4.31 Å². The molecular weight excluding hydrogens is 334 g/mol. The number of rotatable bonds is 8. The summed E-state index contributed by atoms with van der Waals surface area (Å²) in [5, 5.41) is 11.0. The fourth-order valence-corrected chi connectivity index (χ4v) is 4.66. The van der Waals surface area contributed by atoms with E-state index in [9.17, 15) is 13.5 Å². The molecule has 0 spiro atoms. The Morgan fingerprint density at radius 1 is 1.09 bits per heavy atom. The van der Waals surface area contributed by atoms with Crippen molar-refractivity contribution >= 4 is 32.4 Å². The zero-order valence-corrected chi connectivity index (χ0v) is 14.8. The number of hydrogen-bond acceptors (Lipinski definition) is 3. The number of aliphatic hydroxyl groups is 1. The number of halogens is 1. The summed E-state index contributed by atoms with van der Waals surface area (Å²) in [6.45, 7) is 2.35. The molecule has 0 fully saturated rings. The van der Waals surface area contributed by atoms with Crippen LogP contribution in [0.3, 0.4) is 0 Å². The Hall–Kier alpha value is -1.14. The maximum Gasteiger partial charge on any atom is 0.243 e. The van der Waals surface area contributed by atoms with Gasteiger partial charge in [-0.25, -0.2) is 8.42 Å². The molecule has 2 rings (SSSR count). The zero-order valence-electron chi connectivity index (χ0n) is 13.2. The van der Waals surface area contributed by atoms with Gasteiger partial charge in [0, 0.05) is 23.5 Å². The minimum absolute atomic E-state index is 0.0902. The van der Waals surface area contributed by atoms with Gasteiger partial charge in [0.15, 0.2) is 0 Å². The summed E-state index contributed by atoms with van der Waals surface area (Å²) in [6.07, 6.45) is 2.73. The second-order valence-electron chi connectivity index (χ2n) is 5.43. The molecule has 0 heterocycles. The SMILES string of the molecule is CCCCCN(CCO)S(=O)(=O)c1cccc2cccc(Cl)c12. The molecule has 2 aromatic carbocycles. The van der Waals surface area contributed by atoms with Crippen LogP contribution in [-0.4, -0.2) is 37.5 Å². The number of sulfonamides is 1. The van der Waals surface area contributed by atoms with Gasteiger partial charge in [0.2, 0.25) is 10.0 Å². The van der Waals surface area contributed by atoms with Crippen molar-refractivity contribution in [3.05, 3.63) is 41.4 Å². The van der Waals surface area contributed by atoms with E-state index in [4.69, 9.17) is 11.6 Å². The topological polar surface area (TPSA) is 57.6 Å². The Labute approximate surface area is 142 Å². The predicted octanol–water partition coefficient (Wildman–Crippen LogP) is 3.67. The van der Waals surface area contributed by atoms with Crippen molar-refractivity contribution in [2.24, 2.45) is 0 Å². The summed E-state index contributed by atoms with van der Waals surface area (Å²) in [4.78, 5) is 0.200. The van der Waals surface area contributed by atoms with Crippen LogP contribution < -0.4 is 0 Å². The summed E-state index contributed by atoms with van der Waals surface area (Å²) in [6, 6.07) is 10.5. The highest BCUT2D eigenvalue weighted by atomic mass is 35.5. The van der Waals surface area contributed by atoms with Crippen LogP contribution in [0.4, 0.5) is 0 Å². The van der Waals surface area contributed by atoms with Gasteiger partial charge in [0.1, 0.15) is 0 Å². The highest BCUT2D eigenvalue weighted by Crippen LogP contribution is 2.31. The first-order valence-electron chi connectivity index (χ1n) is 7.80. The van der Waals surface area contributed by atoms with E-state index in [2.05, 4.69) is 6.92 Å². The van der Waals surface area contributed by atoms with E-state index in [1.165, 1.54) is 4.31 Å². The Balaban J connectivity index is 2.48. The van der Waals surface area contributed by atoms with Crippen LogP contribution in [0, 0.1) is 0 Å². The lowest BCUT2D eigenvalue weighted by Gasteiger charge is -2.22. The maximum atomic E-state index is 13.0. The van der Waals surface area contributed by atoms with Gasteiger partial charge in [-0.15, -0.1) is 0 Å². The van der Waals surface area contributed by atoms with Crippen LogP contribution in [0.25, 0.3) is 10.8 Å². The molecule has 0 atom stereocenters. The number of aliphatic hydroxyl groups excluding tert-OH is 1. The monoisotopic (exact) mass is 355 g/mol. The average molecular weight is 356 g/mol. The molecule has 2 aromatic rings. The second kappa shape index (κ2) is 8.11. The van der Waals surface area contributed by atoms with Crippen molar-refractivity contribution in [2.75, 3.05) is 19.7 Å². The van der Waals surface area contributed by atoms with Gasteiger partial charge in [-0.05, 0) is 23.9 Å². The lowest BCUT2D eigenvalue weighted by molar-refractivity contribution is 0.252. The highest BCUT2D eigenvalue weighted by molar-refractivity contribution is 7.89. The van der Waals surface area contributed by atoms with Crippen molar-refractivity contribution in [1.29, 1.82) is 0 Å². The molecule has 0 bridgehead atoms. The number of hydrogen-bond donors (Lipinski definition) is 1. The van der Waals surface area contributed by atoms with Gasteiger partial charge < -0.3 is 5.11 Å². The maximum absolute atomic E-state index is 13.0. The van der Waals surface area contributed by atoms with Crippen molar-refractivity contribution in [3.63, 3.8) is 0 Å². The third-order valence-corrected chi connectivity index (χ3v) is 6.05. The van der Waals surface area contributed by atoms with Crippen LogP contribution in [0.15, 0.2) is 41.3 Å². The van der Waals surface area contributed by atoms with E-state index in [0.29, 0.717) is 17.0 Å². The Bertz CT molecular complexity index is 756. The van der Waals surface area contributed by atoms with Crippen LogP contribution in [0.5, 0.6) is 0 Å². The van der Waals surface area contributed by atoms with Crippen molar-refractivity contribution in [2.45, 2.75) is 31.1 Å². The normalized spacial score (nSPS) is 12.2. The molecular formula is C17H22ClNO3S. The number of nitrogens with zero attached hydrogens (tertiary/aromatic N) is 1. The summed E-state index contributed by atoms with van der Waals surface area (Å²) in [7, 11) is -3.70. The largest absolute Gasteiger partial charge is 0.395 e. The Morgan fingerprint density at radius 3 is 2.43 bits per heavy atom. The molecule has 0 amide bonds. The van der Waals surface area contributed by atoms with Crippen molar-refractivity contribution in [3.8, 4) is 0 Å². The highest BCUT2D eigenvalue weighted by Gasteiger charge is 2.26. The average Bonchev–Trinajstić information content (AvgIpc) is 2.54. The van der Waals surface area contributed by atoms with Gasteiger partial charge in [0.05, 0.1) is 11.5 Å². The number of unbranched alkanes of at least 4 members (excludes halogenated alkanes) is 2. The molecule has 126 valence electrons. The van der Waals surface area contributed by atoms with Gasteiger partial charge in [-0.3, -0.25) is 0 Å². The quantitative estimate of drug-likeness (QED) is 0.735. The van der Waals surface area contributed by atoms with E-state index in [1.54, 1.807) is 24.3 Å². The fraction of sp³-hybridized carbons (Fsp3) is 0.412. The molecule has 0 aliphatic carbocycles. The smallest absolute Gasteiger partial charge is 0.243 e.